The second-order valence-corrected chi connectivity index (χ2v) is 8.33. The Morgan fingerprint density at radius 2 is 1.34 bits per heavy atom. The Bertz CT molecular complexity index is 782. The van der Waals surface area contributed by atoms with Crippen molar-refractivity contribution >= 4 is 11.9 Å². The fourth-order valence-electron chi connectivity index (χ4n) is 3.98. The number of alkyl halides is 6. The molecule has 0 aliphatic carbocycles. The molecule has 7 nitrogen and oxygen atoms in total. The Hall–Kier alpha value is -2.54. The van der Waals surface area contributed by atoms with Crippen molar-refractivity contribution in [3.05, 3.63) is 29.8 Å². The van der Waals surface area contributed by atoms with Crippen LogP contribution in [0, 0.1) is 0 Å². The van der Waals surface area contributed by atoms with E-state index in [0.717, 1.165) is 12.3 Å². The van der Waals surface area contributed by atoms with Crippen LogP contribution in [-0.2, 0) is 16.1 Å². The lowest BCUT2D eigenvalue weighted by molar-refractivity contribution is -0.193. The lowest BCUT2D eigenvalue weighted by Gasteiger charge is -2.50. The van der Waals surface area contributed by atoms with Gasteiger partial charge in [0.05, 0.1) is 7.11 Å². The molecule has 13 heteroatoms. The van der Waals surface area contributed by atoms with E-state index in [4.69, 9.17) is 24.5 Å². The topological polar surface area (TPSA) is 90.3 Å². The molecular formula is C22H30F6N2O5. The first-order valence-electron chi connectivity index (χ1n) is 10.8. The molecule has 2 saturated heterocycles. The molecule has 0 amide bonds. The van der Waals surface area contributed by atoms with Crippen LogP contribution >= 0.6 is 0 Å². The van der Waals surface area contributed by atoms with Crippen LogP contribution in [0.25, 0.3) is 0 Å². The third kappa shape index (κ3) is 10.3. The molecule has 0 radical (unpaired) electrons. The van der Waals surface area contributed by atoms with Gasteiger partial charge in [0.2, 0.25) is 0 Å². The summed E-state index contributed by atoms with van der Waals surface area (Å²) in [6.07, 6.45) is -3.30. The molecule has 0 aromatic heterocycles. The third-order valence-electron chi connectivity index (χ3n) is 6.03. The molecule has 3 rings (SSSR count). The summed E-state index contributed by atoms with van der Waals surface area (Å²) in [6, 6.07) is 8.51. The van der Waals surface area contributed by atoms with Crippen LogP contribution in [0.4, 0.5) is 26.3 Å². The smallest absolute Gasteiger partial charge is 0.490 e. The van der Waals surface area contributed by atoms with E-state index in [1.807, 2.05) is 0 Å². The van der Waals surface area contributed by atoms with Gasteiger partial charge in [0, 0.05) is 25.2 Å². The van der Waals surface area contributed by atoms with Crippen LogP contribution in [0.5, 0.6) is 5.75 Å². The van der Waals surface area contributed by atoms with E-state index in [2.05, 4.69) is 41.1 Å². The van der Waals surface area contributed by atoms with Gasteiger partial charge >= 0.3 is 24.3 Å². The molecule has 2 heterocycles. The highest BCUT2D eigenvalue weighted by atomic mass is 19.4. The molecule has 200 valence electrons. The summed E-state index contributed by atoms with van der Waals surface area (Å²) in [6.45, 7) is 4.83. The lowest BCUT2D eigenvalue weighted by Crippen LogP contribution is -2.55. The third-order valence-corrected chi connectivity index (χ3v) is 6.03. The van der Waals surface area contributed by atoms with E-state index in [0.29, 0.717) is 5.54 Å². The second kappa shape index (κ2) is 13.0. The summed E-state index contributed by atoms with van der Waals surface area (Å²) in [4.78, 5) is 23.0. The van der Waals surface area contributed by atoms with Crippen LogP contribution in [-0.4, -0.2) is 83.6 Å². The average molecular weight is 516 g/mol. The Balaban J connectivity index is 0.000000362. The molecule has 0 unspecified atom stereocenters. The maximum absolute atomic E-state index is 10.6. The Morgan fingerprint density at radius 1 is 0.886 bits per heavy atom. The predicted molar refractivity (Wildman–Crippen MR) is 114 cm³/mol. The largest absolute Gasteiger partial charge is 0.497 e. The van der Waals surface area contributed by atoms with Crippen molar-refractivity contribution in [3.8, 4) is 5.75 Å². The zero-order valence-electron chi connectivity index (χ0n) is 19.5. The number of nitrogens with zero attached hydrogens (tertiary/aromatic N) is 2. The van der Waals surface area contributed by atoms with Gasteiger partial charge in [-0.3, -0.25) is 4.90 Å². The zero-order chi connectivity index (χ0) is 26.9. The van der Waals surface area contributed by atoms with Gasteiger partial charge in [-0.2, -0.15) is 26.3 Å². The molecule has 2 aliphatic heterocycles. The number of likely N-dealkylation sites (tertiary alicyclic amines) is 2. The highest BCUT2D eigenvalue weighted by molar-refractivity contribution is 5.73. The molecule has 2 fully saturated rings. The van der Waals surface area contributed by atoms with Crippen LogP contribution in [0.1, 0.15) is 37.7 Å². The molecule has 0 saturated carbocycles. The minimum atomic E-state index is -5.08. The quantitative estimate of drug-likeness (QED) is 0.576. The van der Waals surface area contributed by atoms with Gasteiger partial charge < -0.3 is 19.8 Å². The second-order valence-electron chi connectivity index (χ2n) is 8.33. The molecule has 2 N–H and O–H groups in total. The van der Waals surface area contributed by atoms with E-state index < -0.39 is 24.3 Å². The predicted octanol–water partition coefficient (Wildman–Crippen LogP) is 4.41. The van der Waals surface area contributed by atoms with Crippen LogP contribution in [0.2, 0.25) is 0 Å². The fourth-order valence-corrected chi connectivity index (χ4v) is 3.98. The number of methoxy groups -OCH3 is 1. The number of aliphatic carboxylic acids is 2. The number of ether oxygens (including phenoxy) is 1. The van der Waals surface area contributed by atoms with Gasteiger partial charge in [0.25, 0.3) is 0 Å². The van der Waals surface area contributed by atoms with Crippen LogP contribution < -0.4 is 4.74 Å². The summed E-state index contributed by atoms with van der Waals surface area (Å²) >= 11 is 0. The monoisotopic (exact) mass is 516 g/mol. The van der Waals surface area contributed by atoms with Gasteiger partial charge in [-0.1, -0.05) is 18.6 Å². The number of carboxylic acid groups (broad SMARTS) is 2. The van der Waals surface area contributed by atoms with Crippen molar-refractivity contribution in [2.45, 2.75) is 56.5 Å². The number of benzene rings is 1. The minimum Gasteiger partial charge on any atom is -0.497 e. The molecule has 2 aliphatic rings. The first kappa shape index (κ1) is 30.5. The summed E-state index contributed by atoms with van der Waals surface area (Å²) in [5, 5.41) is 14.2. The zero-order valence-corrected chi connectivity index (χ0v) is 19.5. The number of hydrogen-bond acceptors (Lipinski definition) is 5. The number of piperidine rings is 2. The minimum absolute atomic E-state index is 0.509. The van der Waals surface area contributed by atoms with Gasteiger partial charge in [0.1, 0.15) is 5.75 Å². The summed E-state index contributed by atoms with van der Waals surface area (Å²) < 4.78 is 68.7. The first-order chi connectivity index (χ1) is 16.1. The van der Waals surface area contributed by atoms with Crippen molar-refractivity contribution < 1.29 is 50.9 Å². The maximum Gasteiger partial charge on any atom is 0.490 e. The molecule has 0 atom stereocenters. The number of hydrogen-bond donors (Lipinski definition) is 2. The Morgan fingerprint density at radius 3 is 1.71 bits per heavy atom. The highest BCUT2D eigenvalue weighted by Crippen LogP contribution is 2.36. The van der Waals surface area contributed by atoms with E-state index in [-0.39, 0.29) is 0 Å². The number of carboxylic acids is 2. The number of rotatable bonds is 3. The SMILES string of the molecule is COc1ccc(CN2CCC3(CCCCN3C)CC2)cc1.O=C(O)C(F)(F)F.O=C(O)C(F)(F)F. The normalized spacial score (nSPS) is 18.5. The molecule has 1 aromatic carbocycles. The van der Waals surface area contributed by atoms with Gasteiger partial charge in [0.15, 0.2) is 0 Å². The van der Waals surface area contributed by atoms with Gasteiger partial charge in [-0.15, -0.1) is 0 Å². The van der Waals surface area contributed by atoms with Crippen LogP contribution in [0.3, 0.4) is 0 Å². The first-order valence-corrected chi connectivity index (χ1v) is 10.8. The summed E-state index contributed by atoms with van der Waals surface area (Å²) in [5.41, 5.74) is 1.90. The average Bonchev–Trinajstić information content (AvgIpc) is 2.77. The lowest BCUT2D eigenvalue weighted by atomic mass is 9.79. The van der Waals surface area contributed by atoms with E-state index in [1.165, 1.54) is 57.3 Å². The van der Waals surface area contributed by atoms with E-state index >= 15 is 0 Å². The molecular weight excluding hydrogens is 486 g/mol. The number of halogens is 6. The van der Waals surface area contributed by atoms with Crippen molar-refractivity contribution in [1.29, 1.82) is 0 Å². The van der Waals surface area contributed by atoms with Crippen molar-refractivity contribution in [1.82, 2.24) is 9.80 Å². The van der Waals surface area contributed by atoms with E-state index in [1.54, 1.807) is 7.11 Å². The molecule has 1 spiro atoms. The number of carbonyl (C=O) groups is 2. The van der Waals surface area contributed by atoms with Gasteiger partial charge in [-0.25, -0.2) is 9.59 Å². The van der Waals surface area contributed by atoms with Crippen molar-refractivity contribution in [2.24, 2.45) is 0 Å². The highest BCUT2D eigenvalue weighted by Gasteiger charge is 2.40. The fraction of sp³-hybridized carbons (Fsp3) is 0.636. The Kier molecular flexibility index (Phi) is 11.3. The van der Waals surface area contributed by atoms with Gasteiger partial charge in [-0.05, 0) is 57.0 Å². The van der Waals surface area contributed by atoms with Crippen LogP contribution in [0.15, 0.2) is 24.3 Å². The van der Waals surface area contributed by atoms with E-state index in [9.17, 15) is 26.3 Å². The molecule has 1 aromatic rings. The summed E-state index contributed by atoms with van der Waals surface area (Å²) in [5.74, 6) is -4.57. The standard InChI is InChI=1S/C18H28N2O.2C2HF3O2/c1-19-12-4-3-9-18(19)10-13-20(14-11-18)15-16-5-7-17(21-2)8-6-16;2*3-2(4,5)1(6)7/h5-8H,3-4,9-15H2,1-2H3;2*(H,6,7). The Labute approximate surface area is 199 Å². The summed E-state index contributed by atoms with van der Waals surface area (Å²) in [7, 11) is 4.05. The molecule has 35 heavy (non-hydrogen) atoms. The molecule has 0 bridgehead atoms. The van der Waals surface area contributed by atoms with Crippen molar-refractivity contribution in [2.75, 3.05) is 33.8 Å². The van der Waals surface area contributed by atoms with Crippen molar-refractivity contribution in [3.63, 3.8) is 0 Å². The maximum atomic E-state index is 10.6.